The molecule has 3 saturated carbocycles. The lowest BCUT2D eigenvalue weighted by Crippen LogP contribution is -2.65. The Balaban J connectivity index is 1.45. The van der Waals surface area contributed by atoms with Gasteiger partial charge in [-0.2, -0.15) is 0 Å². The minimum Gasteiger partial charge on any atom is -0.456 e. The first-order valence-corrected chi connectivity index (χ1v) is 11.2. The normalized spacial score (nSPS) is 31.9. The molecule has 0 spiro atoms. The number of aryl methyl sites for hydroxylation is 1. The molecule has 0 amide bonds. The summed E-state index contributed by atoms with van der Waals surface area (Å²) in [5.41, 5.74) is 1.02. The van der Waals surface area contributed by atoms with E-state index in [0.717, 1.165) is 17.9 Å². The molecule has 1 aromatic carbocycles. The summed E-state index contributed by atoms with van der Waals surface area (Å²) in [6.45, 7) is 14.0. The molecular formula is C24H34BFO4. The second kappa shape index (κ2) is 7.06. The Hall–Kier alpha value is -1.40. The molecule has 2 bridgehead atoms. The average molecular weight is 416 g/mol. The molecule has 4 aliphatic rings. The Morgan fingerprint density at radius 2 is 1.97 bits per heavy atom. The van der Waals surface area contributed by atoms with Gasteiger partial charge in [-0.05, 0) is 94.6 Å². The molecule has 1 aromatic rings. The summed E-state index contributed by atoms with van der Waals surface area (Å²) in [7, 11) is -0.260. The first kappa shape index (κ1) is 21.8. The number of ether oxygens (including phenoxy) is 1. The number of benzene rings is 1. The van der Waals surface area contributed by atoms with Gasteiger partial charge in [0, 0.05) is 0 Å². The fourth-order valence-electron chi connectivity index (χ4n) is 5.92. The molecule has 4 fully saturated rings. The average Bonchev–Trinajstić information content (AvgIpc) is 2.95. The van der Waals surface area contributed by atoms with Crippen LogP contribution >= 0.6 is 0 Å². The van der Waals surface area contributed by atoms with Gasteiger partial charge in [0.15, 0.2) is 0 Å². The summed E-state index contributed by atoms with van der Waals surface area (Å²) >= 11 is 0. The Morgan fingerprint density at radius 3 is 2.60 bits per heavy atom. The van der Waals surface area contributed by atoms with Crippen molar-refractivity contribution < 1.29 is 23.2 Å². The number of rotatable bonds is 4. The zero-order valence-electron chi connectivity index (χ0n) is 19.3. The molecule has 1 saturated heterocycles. The van der Waals surface area contributed by atoms with Gasteiger partial charge in [0.2, 0.25) is 0 Å². The van der Waals surface area contributed by atoms with Crippen LogP contribution in [0.2, 0.25) is 6.32 Å². The molecule has 0 radical (unpaired) electrons. The Kier molecular flexibility index (Phi) is 5.14. The highest BCUT2D eigenvalue weighted by molar-refractivity contribution is 6.45. The molecule has 3 unspecified atom stereocenters. The highest BCUT2D eigenvalue weighted by atomic mass is 19.1. The number of carbonyl (C=O) groups is 1. The van der Waals surface area contributed by atoms with Crippen molar-refractivity contribution in [2.75, 3.05) is 0 Å². The second-order valence-corrected chi connectivity index (χ2v) is 11.1. The quantitative estimate of drug-likeness (QED) is 0.490. The lowest BCUT2D eigenvalue weighted by molar-refractivity contribution is -0.199. The second-order valence-electron chi connectivity index (χ2n) is 11.1. The molecule has 4 nitrogen and oxygen atoms in total. The van der Waals surface area contributed by atoms with Crippen molar-refractivity contribution in [2.24, 2.45) is 17.3 Å². The molecule has 6 heteroatoms. The number of carbonyl (C=O) groups excluding carboxylic acids is 1. The van der Waals surface area contributed by atoms with E-state index < -0.39 is 17.4 Å². The maximum atomic E-state index is 14.4. The molecule has 1 aliphatic heterocycles. The third kappa shape index (κ3) is 3.50. The third-order valence-corrected chi connectivity index (χ3v) is 7.78. The predicted octanol–water partition coefficient (Wildman–Crippen LogP) is 5.36. The molecule has 0 aromatic heterocycles. The Bertz CT molecular complexity index is 861. The fourth-order valence-corrected chi connectivity index (χ4v) is 5.92. The fraction of sp³-hybridized carbons (Fsp3) is 0.708. The summed E-state index contributed by atoms with van der Waals surface area (Å²) in [4.78, 5) is 12.5. The van der Waals surface area contributed by atoms with Gasteiger partial charge < -0.3 is 14.0 Å². The highest BCUT2D eigenvalue weighted by Gasteiger charge is 2.67. The minimum absolute atomic E-state index is 0.0267. The molecule has 0 N–H and O–H groups in total. The van der Waals surface area contributed by atoms with Gasteiger partial charge >= 0.3 is 13.1 Å². The van der Waals surface area contributed by atoms with Gasteiger partial charge in [-0.1, -0.05) is 19.9 Å². The maximum absolute atomic E-state index is 14.4. The van der Waals surface area contributed by atoms with Crippen molar-refractivity contribution >= 4 is 13.1 Å². The molecule has 164 valence electrons. The van der Waals surface area contributed by atoms with Crippen molar-refractivity contribution in [1.29, 1.82) is 0 Å². The van der Waals surface area contributed by atoms with Crippen LogP contribution in [0.25, 0.3) is 0 Å². The van der Waals surface area contributed by atoms with Crippen molar-refractivity contribution in [1.82, 2.24) is 0 Å². The predicted molar refractivity (Wildman–Crippen MR) is 115 cm³/mol. The van der Waals surface area contributed by atoms with Gasteiger partial charge in [-0.3, -0.25) is 0 Å². The van der Waals surface area contributed by atoms with Crippen LogP contribution in [-0.2, 0) is 20.5 Å². The molecule has 1 heterocycles. The lowest BCUT2D eigenvalue weighted by atomic mass is 9.43. The smallest absolute Gasteiger partial charge is 0.456 e. The van der Waals surface area contributed by atoms with E-state index in [-0.39, 0.29) is 24.4 Å². The van der Waals surface area contributed by atoms with E-state index in [2.05, 4.69) is 20.8 Å². The van der Waals surface area contributed by atoms with E-state index in [1.165, 1.54) is 12.5 Å². The van der Waals surface area contributed by atoms with Crippen molar-refractivity contribution in [3.05, 3.63) is 34.6 Å². The van der Waals surface area contributed by atoms with Crippen LogP contribution in [0, 0.1) is 30.0 Å². The summed E-state index contributed by atoms with van der Waals surface area (Å²) in [5, 5.41) is 0. The minimum atomic E-state index is -0.669. The van der Waals surface area contributed by atoms with Crippen LogP contribution in [0.5, 0.6) is 0 Å². The van der Waals surface area contributed by atoms with Crippen molar-refractivity contribution in [2.45, 2.75) is 91.4 Å². The van der Waals surface area contributed by atoms with E-state index in [1.54, 1.807) is 33.8 Å². The summed E-state index contributed by atoms with van der Waals surface area (Å²) in [5.74, 6) is 0.0939. The largest absolute Gasteiger partial charge is 0.457 e. The number of halogens is 1. The van der Waals surface area contributed by atoms with Gasteiger partial charge in [0.05, 0.1) is 17.3 Å². The standard InChI is InChI=1S/C24H34BFO4/c1-14-15(8-9-17(26)20(14)21(27)28-22(2,3)4)10-11-25-29-19-13-16-12-18(23(16,5)6)24(19,7)30-25/h8-9,16,18-19H,10-13H2,1-7H3/t16?,18?,19?,24-/m0/s1. The van der Waals surface area contributed by atoms with Crippen LogP contribution in [0.3, 0.4) is 0 Å². The lowest BCUT2D eigenvalue weighted by Gasteiger charge is -2.64. The summed E-state index contributed by atoms with van der Waals surface area (Å²) in [6.07, 6.45) is 3.80. The van der Waals surface area contributed by atoms with E-state index >= 15 is 0 Å². The zero-order valence-corrected chi connectivity index (χ0v) is 19.3. The van der Waals surface area contributed by atoms with Crippen molar-refractivity contribution in [3.8, 4) is 0 Å². The van der Waals surface area contributed by atoms with Crippen LogP contribution in [0.15, 0.2) is 12.1 Å². The first-order chi connectivity index (χ1) is 13.8. The molecule has 4 atom stereocenters. The summed E-state index contributed by atoms with van der Waals surface area (Å²) in [6, 6.07) is 3.11. The molecular weight excluding hydrogens is 382 g/mol. The van der Waals surface area contributed by atoms with E-state index in [0.29, 0.717) is 29.6 Å². The van der Waals surface area contributed by atoms with Crippen LogP contribution in [0.4, 0.5) is 4.39 Å². The summed E-state index contributed by atoms with van der Waals surface area (Å²) < 4.78 is 32.6. The molecule has 30 heavy (non-hydrogen) atoms. The van der Waals surface area contributed by atoms with Gasteiger partial charge in [0.25, 0.3) is 0 Å². The molecule has 3 aliphatic carbocycles. The maximum Gasteiger partial charge on any atom is 0.457 e. The topological polar surface area (TPSA) is 44.8 Å². The van der Waals surface area contributed by atoms with Crippen LogP contribution < -0.4 is 0 Å². The Labute approximate surface area is 180 Å². The van der Waals surface area contributed by atoms with E-state index in [9.17, 15) is 9.18 Å². The van der Waals surface area contributed by atoms with Crippen LogP contribution in [-0.4, -0.2) is 30.4 Å². The van der Waals surface area contributed by atoms with E-state index in [1.807, 2.05) is 0 Å². The third-order valence-electron chi connectivity index (χ3n) is 7.78. The SMILES string of the molecule is Cc1c(CCB2OC3CC4CC(C4(C)C)[C@]3(C)O2)ccc(F)c1C(=O)OC(C)(C)C. The monoisotopic (exact) mass is 416 g/mol. The van der Waals surface area contributed by atoms with E-state index in [4.69, 9.17) is 14.0 Å². The number of esters is 1. The van der Waals surface area contributed by atoms with Gasteiger partial charge in [-0.25, -0.2) is 9.18 Å². The van der Waals surface area contributed by atoms with Gasteiger partial charge in [0.1, 0.15) is 11.4 Å². The Morgan fingerprint density at radius 1 is 1.27 bits per heavy atom. The van der Waals surface area contributed by atoms with Crippen LogP contribution in [0.1, 0.15) is 75.9 Å². The van der Waals surface area contributed by atoms with Gasteiger partial charge in [-0.15, -0.1) is 0 Å². The molecule has 5 rings (SSSR count). The zero-order chi connectivity index (χ0) is 22.1. The van der Waals surface area contributed by atoms with Crippen molar-refractivity contribution in [3.63, 3.8) is 0 Å². The first-order valence-electron chi connectivity index (χ1n) is 11.2. The number of hydrogen-bond donors (Lipinski definition) is 0. The highest BCUT2D eigenvalue weighted by Crippen LogP contribution is 2.65. The number of hydrogen-bond acceptors (Lipinski definition) is 4.